The molecule has 0 aromatic heterocycles. The summed E-state index contributed by atoms with van der Waals surface area (Å²) < 4.78 is 5.82. The van der Waals surface area contributed by atoms with Gasteiger partial charge in [0.15, 0.2) is 6.10 Å². The molecule has 1 amide bonds. The number of hydrogen-bond donors (Lipinski definition) is 1. The van der Waals surface area contributed by atoms with E-state index in [1.165, 1.54) is 5.39 Å². The Morgan fingerprint density at radius 3 is 2.60 bits per heavy atom. The van der Waals surface area contributed by atoms with Gasteiger partial charge in [-0.15, -0.1) is 0 Å². The van der Waals surface area contributed by atoms with Gasteiger partial charge in [0, 0.05) is 6.54 Å². The minimum atomic E-state index is -0.428. The Morgan fingerprint density at radius 2 is 1.90 bits per heavy atom. The van der Waals surface area contributed by atoms with Gasteiger partial charge in [-0.1, -0.05) is 44.2 Å². The SMILES string of the molecule is CCCNC(=O)[C@@H](CC)Oc1ccc2ccccc2c1. The first kappa shape index (κ1) is 14.4. The van der Waals surface area contributed by atoms with Crippen molar-refractivity contribution < 1.29 is 9.53 Å². The number of nitrogens with one attached hydrogen (secondary N) is 1. The van der Waals surface area contributed by atoms with E-state index in [0.29, 0.717) is 13.0 Å². The monoisotopic (exact) mass is 271 g/mol. The summed E-state index contributed by atoms with van der Waals surface area (Å²) in [7, 11) is 0. The minimum absolute atomic E-state index is 0.0393. The zero-order valence-corrected chi connectivity index (χ0v) is 12.1. The quantitative estimate of drug-likeness (QED) is 0.873. The average Bonchev–Trinajstić information content (AvgIpc) is 2.50. The highest BCUT2D eigenvalue weighted by Crippen LogP contribution is 2.21. The normalized spacial score (nSPS) is 12.1. The van der Waals surface area contributed by atoms with Crippen LogP contribution in [0.5, 0.6) is 5.75 Å². The topological polar surface area (TPSA) is 38.3 Å². The van der Waals surface area contributed by atoms with Crippen molar-refractivity contribution in [1.29, 1.82) is 0 Å². The second kappa shape index (κ2) is 6.94. The number of ether oxygens (including phenoxy) is 1. The Labute approximate surface area is 119 Å². The Balaban J connectivity index is 2.10. The van der Waals surface area contributed by atoms with Gasteiger partial charge < -0.3 is 10.1 Å². The van der Waals surface area contributed by atoms with Crippen LogP contribution in [0.2, 0.25) is 0 Å². The third kappa shape index (κ3) is 3.50. The molecule has 2 rings (SSSR count). The molecule has 0 saturated heterocycles. The molecule has 0 aliphatic heterocycles. The van der Waals surface area contributed by atoms with E-state index in [0.717, 1.165) is 17.6 Å². The highest BCUT2D eigenvalue weighted by atomic mass is 16.5. The zero-order valence-electron chi connectivity index (χ0n) is 12.1. The lowest BCUT2D eigenvalue weighted by atomic mass is 10.1. The second-order valence-electron chi connectivity index (χ2n) is 4.81. The predicted octanol–water partition coefficient (Wildman–Crippen LogP) is 3.52. The van der Waals surface area contributed by atoms with Gasteiger partial charge in [-0.2, -0.15) is 0 Å². The number of hydrogen-bond acceptors (Lipinski definition) is 2. The van der Waals surface area contributed by atoms with Crippen LogP contribution in [0.1, 0.15) is 26.7 Å². The van der Waals surface area contributed by atoms with Crippen LogP contribution in [0.15, 0.2) is 42.5 Å². The minimum Gasteiger partial charge on any atom is -0.481 e. The van der Waals surface area contributed by atoms with Crippen molar-refractivity contribution in [3.05, 3.63) is 42.5 Å². The summed E-state index contributed by atoms with van der Waals surface area (Å²) in [5, 5.41) is 5.17. The highest BCUT2D eigenvalue weighted by Gasteiger charge is 2.17. The summed E-state index contributed by atoms with van der Waals surface area (Å²) >= 11 is 0. The third-order valence-electron chi connectivity index (χ3n) is 3.21. The summed E-state index contributed by atoms with van der Waals surface area (Å²) in [5.74, 6) is 0.699. The molecule has 20 heavy (non-hydrogen) atoms. The largest absolute Gasteiger partial charge is 0.481 e. The molecule has 0 spiro atoms. The molecule has 3 nitrogen and oxygen atoms in total. The molecule has 106 valence electrons. The van der Waals surface area contributed by atoms with Crippen molar-refractivity contribution in [3.8, 4) is 5.75 Å². The number of rotatable bonds is 6. The van der Waals surface area contributed by atoms with Crippen LogP contribution in [-0.4, -0.2) is 18.6 Å². The van der Waals surface area contributed by atoms with Gasteiger partial charge in [0.2, 0.25) is 0 Å². The van der Waals surface area contributed by atoms with Crippen molar-refractivity contribution in [2.24, 2.45) is 0 Å². The van der Waals surface area contributed by atoms with E-state index in [1.807, 2.05) is 50.2 Å². The van der Waals surface area contributed by atoms with Crippen LogP contribution in [0, 0.1) is 0 Å². The zero-order chi connectivity index (χ0) is 14.4. The molecule has 0 bridgehead atoms. The fourth-order valence-electron chi connectivity index (χ4n) is 2.09. The molecule has 0 aliphatic carbocycles. The first-order chi connectivity index (χ1) is 9.74. The second-order valence-corrected chi connectivity index (χ2v) is 4.81. The van der Waals surface area contributed by atoms with Crippen LogP contribution in [0.25, 0.3) is 10.8 Å². The van der Waals surface area contributed by atoms with Crippen LogP contribution in [0.3, 0.4) is 0 Å². The first-order valence-corrected chi connectivity index (χ1v) is 7.17. The van der Waals surface area contributed by atoms with Crippen molar-refractivity contribution in [1.82, 2.24) is 5.32 Å². The van der Waals surface area contributed by atoms with Gasteiger partial charge in [-0.25, -0.2) is 0 Å². The molecule has 1 N–H and O–H groups in total. The number of carbonyl (C=O) groups excluding carboxylic acids is 1. The maximum Gasteiger partial charge on any atom is 0.261 e. The van der Waals surface area contributed by atoms with Crippen molar-refractivity contribution in [3.63, 3.8) is 0 Å². The van der Waals surface area contributed by atoms with Gasteiger partial charge in [-0.3, -0.25) is 4.79 Å². The van der Waals surface area contributed by atoms with Crippen molar-refractivity contribution in [2.75, 3.05) is 6.54 Å². The van der Waals surface area contributed by atoms with Gasteiger partial charge in [0.25, 0.3) is 5.91 Å². The Kier molecular flexibility index (Phi) is 4.99. The summed E-state index contributed by atoms with van der Waals surface area (Å²) in [5.41, 5.74) is 0. The van der Waals surface area contributed by atoms with E-state index in [-0.39, 0.29) is 5.91 Å². The number of carbonyl (C=O) groups is 1. The number of benzene rings is 2. The van der Waals surface area contributed by atoms with E-state index in [2.05, 4.69) is 11.4 Å². The van der Waals surface area contributed by atoms with E-state index in [4.69, 9.17) is 4.74 Å². The molecule has 0 aliphatic rings. The number of amides is 1. The molecular weight excluding hydrogens is 250 g/mol. The Bertz CT molecular complexity index is 580. The summed E-state index contributed by atoms with van der Waals surface area (Å²) in [6, 6.07) is 14.0. The van der Waals surface area contributed by atoms with Gasteiger partial charge in [0.05, 0.1) is 0 Å². The summed E-state index contributed by atoms with van der Waals surface area (Å²) in [6.07, 6.45) is 1.16. The summed E-state index contributed by atoms with van der Waals surface area (Å²) in [4.78, 5) is 12.0. The molecule has 0 heterocycles. The molecular formula is C17H21NO2. The predicted molar refractivity (Wildman–Crippen MR) is 82.0 cm³/mol. The lowest BCUT2D eigenvalue weighted by Gasteiger charge is -2.17. The van der Waals surface area contributed by atoms with E-state index in [9.17, 15) is 4.79 Å². The van der Waals surface area contributed by atoms with E-state index < -0.39 is 6.10 Å². The molecule has 2 aromatic rings. The van der Waals surface area contributed by atoms with E-state index in [1.54, 1.807) is 0 Å². The Morgan fingerprint density at radius 1 is 1.15 bits per heavy atom. The van der Waals surface area contributed by atoms with Crippen molar-refractivity contribution in [2.45, 2.75) is 32.8 Å². The molecule has 0 fully saturated rings. The number of fused-ring (bicyclic) bond motifs is 1. The lowest BCUT2D eigenvalue weighted by Crippen LogP contribution is -2.38. The van der Waals surface area contributed by atoms with Crippen LogP contribution in [-0.2, 0) is 4.79 Å². The fraction of sp³-hybridized carbons (Fsp3) is 0.353. The average molecular weight is 271 g/mol. The van der Waals surface area contributed by atoms with Crippen molar-refractivity contribution >= 4 is 16.7 Å². The maximum absolute atomic E-state index is 12.0. The van der Waals surface area contributed by atoms with E-state index >= 15 is 0 Å². The summed E-state index contributed by atoms with van der Waals surface area (Å²) in [6.45, 7) is 4.68. The molecule has 0 radical (unpaired) electrons. The smallest absolute Gasteiger partial charge is 0.261 e. The fourth-order valence-corrected chi connectivity index (χ4v) is 2.09. The highest BCUT2D eigenvalue weighted by molar-refractivity contribution is 5.84. The standard InChI is InChI=1S/C17H21NO2/c1-3-11-18-17(19)16(4-2)20-15-10-9-13-7-5-6-8-14(13)12-15/h5-10,12,16H,3-4,11H2,1-2H3,(H,18,19)/t16-/m1/s1. The lowest BCUT2D eigenvalue weighted by molar-refractivity contribution is -0.128. The molecule has 3 heteroatoms. The van der Waals surface area contributed by atoms with Crippen LogP contribution < -0.4 is 10.1 Å². The molecule has 0 unspecified atom stereocenters. The van der Waals surface area contributed by atoms with Crippen LogP contribution >= 0.6 is 0 Å². The van der Waals surface area contributed by atoms with Crippen LogP contribution in [0.4, 0.5) is 0 Å². The molecule has 0 saturated carbocycles. The molecule has 1 atom stereocenters. The van der Waals surface area contributed by atoms with Gasteiger partial charge >= 0.3 is 0 Å². The first-order valence-electron chi connectivity index (χ1n) is 7.17. The molecule has 2 aromatic carbocycles. The Hall–Kier alpha value is -2.03. The van der Waals surface area contributed by atoms with Gasteiger partial charge in [0.1, 0.15) is 5.75 Å². The maximum atomic E-state index is 12.0. The third-order valence-corrected chi connectivity index (χ3v) is 3.21. The van der Waals surface area contributed by atoms with Gasteiger partial charge in [-0.05, 0) is 35.7 Å².